The van der Waals surface area contributed by atoms with Crippen LogP contribution in [0.4, 0.5) is 11.6 Å². The van der Waals surface area contributed by atoms with Crippen molar-refractivity contribution < 1.29 is 0 Å². The number of nitrogens with two attached hydrogens (primary N) is 1. The first-order chi connectivity index (χ1) is 7.15. The van der Waals surface area contributed by atoms with Gasteiger partial charge in [-0.15, -0.1) is 10.2 Å². The van der Waals surface area contributed by atoms with E-state index in [9.17, 15) is 0 Å². The predicted molar refractivity (Wildman–Crippen MR) is 61.6 cm³/mol. The van der Waals surface area contributed by atoms with E-state index in [1.165, 1.54) is 6.42 Å². The van der Waals surface area contributed by atoms with E-state index in [0.29, 0.717) is 5.82 Å². The molecule has 1 fully saturated rings. The van der Waals surface area contributed by atoms with Crippen LogP contribution in [0.2, 0.25) is 0 Å². The Morgan fingerprint density at radius 2 is 1.87 bits per heavy atom. The lowest BCUT2D eigenvalue weighted by molar-refractivity contribution is 0.355. The standard InChI is InChI=1S/C11H18N4/c1-8-5-9(2)7-15(6-8)11-4-3-10(12)13-14-11/h3-4,8-9H,5-7H2,1-2H3,(H2,12,13)/t8-,9+. The van der Waals surface area contributed by atoms with Crippen LogP contribution in [-0.4, -0.2) is 23.3 Å². The summed E-state index contributed by atoms with van der Waals surface area (Å²) in [5.41, 5.74) is 5.52. The maximum atomic E-state index is 5.52. The minimum Gasteiger partial charge on any atom is -0.382 e. The molecule has 2 heterocycles. The van der Waals surface area contributed by atoms with E-state index in [-0.39, 0.29) is 0 Å². The number of hydrogen-bond donors (Lipinski definition) is 1. The summed E-state index contributed by atoms with van der Waals surface area (Å²) in [5, 5.41) is 8.01. The van der Waals surface area contributed by atoms with E-state index in [4.69, 9.17) is 5.73 Å². The fourth-order valence-electron chi connectivity index (χ4n) is 2.35. The summed E-state index contributed by atoms with van der Waals surface area (Å²) in [5.74, 6) is 2.89. The van der Waals surface area contributed by atoms with Gasteiger partial charge in [0, 0.05) is 13.1 Å². The highest BCUT2D eigenvalue weighted by Crippen LogP contribution is 2.24. The Kier molecular flexibility index (Phi) is 2.75. The molecule has 0 unspecified atom stereocenters. The molecule has 0 aliphatic carbocycles. The Labute approximate surface area is 90.5 Å². The van der Waals surface area contributed by atoms with Gasteiger partial charge >= 0.3 is 0 Å². The van der Waals surface area contributed by atoms with Crippen molar-refractivity contribution in [1.29, 1.82) is 0 Å². The molecule has 82 valence electrons. The minimum absolute atomic E-state index is 0.483. The molecule has 1 aliphatic rings. The van der Waals surface area contributed by atoms with Gasteiger partial charge in [-0.1, -0.05) is 13.8 Å². The van der Waals surface area contributed by atoms with Crippen LogP contribution >= 0.6 is 0 Å². The first-order valence-electron chi connectivity index (χ1n) is 5.49. The lowest BCUT2D eigenvalue weighted by Gasteiger charge is -2.35. The molecule has 0 amide bonds. The first kappa shape index (κ1) is 10.2. The summed E-state index contributed by atoms with van der Waals surface area (Å²) in [4.78, 5) is 2.30. The SMILES string of the molecule is C[C@@H]1C[C@H](C)CN(c2ccc(N)nn2)C1. The zero-order chi connectivity index (χ0) is 10.8. The van der Waals surface area contributed by atoms with Crippen LogP contribution in [0.1, 0.15) is 20.3 Å². The van der Waals surface area contributed by atoms with Gasteiger partial charge in [-0.05, 0) is 30.4 Å². The zero-order valence-corrected chi connectivity index (χ0v) is 9.35. The average molecular weight is 206 g/mol. The van der Waals surface area contributed by atoms with Gasteiger partial charge in [-0.2, -0.15) is 0 Å². The lowest BCUT2D eigenvalue weighted by Crippen LogP contribution is -2.39. The molecule has 4 nitrogen and oxygen atoms in total. The maximum absolute atomic E-state index is 5.52. The van der Waals surface area contributed by atoms with Crippen molar-refractivity contribution in [2.45, 2.75) is 20.3 Å². The van der Waals surface area contributed by atoms with E-state index >= 15 is 0 Å². The molecule has 0 saturated carbocycles. The van der Waals surface area contributed by atoms with Gasteiger partial charge in [0.25, 0.3) is 0 Å². The highest BCUT2D eigenvalue weighted by Gasteiger charge is 2.22. The minimum atomic E-state index is 0.483. The van der Waals surface area contributed by atoms with Gasteiger partial charge in [-0.25, -0.2) is 0 Å². The van der Waals surface area contributed by atoms with Crippen molar-refractivity contribution in [3.05, 3.63) is 12.1 Å². The monoisotopic (exact) mass is 206 g/mol. The molecule has 1 saturated heterocycles. The molecular weight excluding hydrogens is 188 g/mol. The smallest absolute Gasteiger partial charge is 0.151 e. The molecule has 0 spiro atoms. The number of nitrogen functional groups attached to an aromatic ring is 1. The molecule has 0 radical (unpaired) electrons. The highest BCUT2D eigenvalue weighted by atomic mass is 15.3. The molecule has 2 atom stereocenters. The molecule has 1 aromatic heterocycles. The van der Waals surface area contributed by atoms with Gasteiger partial charge in [0.2, 0.25) is 0 Å². The fourth-order valence-corrected chi connectivity index (χ4v) is 2.35. The normalized spacial score (nSPS) is 26.7. The maximum Gasteiger partial charge on any atom is 0.151 e. The molecule has 1 aromatic rings. The number of piperidine rings is 1. The Bertz CT molecular complexity index is 312. The van der Waals surface area contributed by atoms with Crippen LogP contribution < -0.4 is 10.6 Å². The Balaban J connectivity index is 2.12. The van der Waals surface area contributed by atoms with Crippen molar-refractivity contribution in [2.24, 2.45) is 11.8 Å². The zero-order valence-electron chi connectivity index (χ0n) is 9.35. The van der Waals surface area contributed by atoms with E-state index in [0.717, 1.165) is 30.7 Å². The molecule has 2 N–H and O–H groups in total. The number of hydrogen-bond acceptors (Lipinski definition) is 4. The molecule has 0 aromatic carbocycles. The van der Waals surface area contributed by atoms with E-state index in [2.05, 4.69) is 28.9 Å². The van der Waals surface area contributed by atoms with Crippen LogP contribution in [0.3, 0.4) is 0 Å². The molecule has 0 bridgehead atoms. The largest absolute Gasteiger partial charge is 0.382 e. The molecule has 15 heavy (non-hydrogen) atoms. The van der Waals surface area contributed by atoms with Crippen LogP contribution in [0.15, 0.2) is 12.1 Å². The van der Waals surface area contributed by atoms with Crippen molar-refractivity contribution in [1.82, 2.24) is 10.2 Å². The third kappa shape index (κ3) is 2.37. The average Bonchev–Trinajstić information content (AvgIpc) is 2.17. The molecule has 2 rings (SSSR count). The second-order valence-corrected chi connectivity index (χ2v) is 4.67. The predicted octanol–water partition coefficient (Wildman–Crippen LogP) is 1.54. The fraction of sp³-hybridized carbons (Fsp3) is 0.636. The highest BCUT2D eigenvalue weighted by molar-refractivity contribution is 5.41. The van der Waals surface area contributed by atoms with E-state index < -0.39 is 0 Å². The van der Waals surface area contributed by atoms with Crippen LogP contribution in [0.5, 0.6) is 0 Å². The Morgan fingerprint density at radius 3 is 2.40 bits per heavy atom. The van der Waals surface area contributed by atoms with Crippen molar-refractivity contribution >= 4 is 11.6 Å². The number of nitrogens with zero attached hydrogens (tertiary/aromatic N) is 3. The topological polar surface area (TPSA) is 55.0 Å². The summed E-state index contributed by atoms with van der Waals surface area (Å²) in [6, 6.07) is 3.76. The second-order valence-electron chi connectivity index (χ2n) is 4.67. The van der Waals surface area contributed by atoms with Gasteiger partial charge in [-0.3, -0.25) is 0 Å². The van der Waals surface area contributed by atoms with Gasteiger partial charge < -0.3 is 10.6 Å². The van der Waals surface area contributed by atoms with E-state index in [1.54, 1.807) is 0 Å². The Morgan fingerprint density at radius 1 is 1.20 bits per heavy atom. The first-order valence-corrected chi connectivity index (χ1v) is 5.49. The second kappa shape index (κ2) is 4.04. The number of aromatic nitrogens is 2. The number of rotatable bonds is 1. The summed E-state index contributed by atoms with van der Waals surface area (Å²) in [6.07, 6.45) is 1.30. The van der Waals surface area contributed by atoms with Crippen molar-refractivity contribution in [3.8, 4) is 0 Å². The molecule has 4 heteroatoms. The lowest BCUT2D eigenvalue weighted by atomic mass is 9.92. The summed E-state index contributed by atoms with van der Waals surface area (Å²) >= 11 is 0. The number of anilines is 2. The van der Waals surface area contributed by atoms with Crippen molar-refractivity contribution in [2.75, 3.05) is 23.7 Å². The summed E-state index contributed by atoms with van der Waals surface area (Å²) in [7, 11) is 0. The molecular formula is C11H18N4. The van der Waals surface area contributed by atoms with Crippen LogP contribution in [0, 0.1) is 11.8 Å². The third-order valence-electron chi connectivity index (χ3n) is 2.86. The van der Waals surface area contributed by atoms with Gasteiger partial charge in [0.15, 0.2) is 5.82 Å². The van der Waals surface area contributed by atoms with Crippen molar-refractivity contribution in [3.63, 3.8) is 0 Å². The Hall–Kier alpha value is -1.32. The summed E-state index contributed by atoms with van der Waals surface area (Å²) < 4.78 is 0. The van der Waals surface area contributed by atoms with Crippen LogP contribution in [0.25, 0.3) is 0 Å². The van der Waals surface area contributed by atoms with Gasteiger partial charge in [0.1, 0.15) is 5.82 Å². The quantitative estimate of drug-likeness (QED) is 0.757. The molecule has 1 aliphatic heterocycles. The van der Waals surface area contributed by atoms with Crippen LogP contribution in [-0.2, 0) is 0 Å². The van der Waals surface area contributed by atoms with E-state index in [1.807, 2.05) is 12.1 Å². The third-order valence-corrected chi connectivity index (χ3v) is 2.86. The van der Waals surface area contributed by atoms with Gasteiger partial charge in [0.05, 0.1) is 0 Å². The summed E-state index contributed by atoms with van der Waals surface area (Å²) in [6.45, 7) is 6.71.